The fraction of sp³-hybridized carbons (Fsp3) is 0.462. The molecule has 0 aliphatic rings. The van der Waals surface area contributed by atoms with Gasteiger partial charge >= 0.3 is 21.8 Å². The van der Waals surface area contributed by atoms with E-state index in [1.54, 1.807) is 0 Å². The molecule has 0 fully saturated rings. The number of ether oxygens (including phenoxy) is 1. The lowest BCUT2D eigenvalue weighted by Crippen LogP contribution is -2.31. The predicted molar refractivity (Wildman–Crippen MR) is 71.7 cm³/mol. The first-order valence-electron chi connectivity index (χ1n) is 6.46. The van der Waals surface area contributed by atoms with E-state index >= 15 is 0 Å². The molecule has 0 aliphatic heterocycles. The number of aldehydes is 1. The molecule has 0 bridgehead atoms. The molecule has 2 unspecified atom stereocenters. The van der Waals surface area contributed by atoms with Crippen molar-refractivity contribution in [2.45, 2.75) is 30.3 Å². The van der Waals surface area contributed by atoms with Crippen molar-refractivity contribution in [2.24, 2.45) is 0 Å². The van der Waals surface area contributed by atoms with Crippen molar-refractivity contribution in [1.82, 2.24) is 0 Å². The third kappa shape index (κ3) is 5.68. The second-order valence-electron chi connectivity index (χ2n) is 4.75. The van der Waals surface area contributed by atoms with Crippen LogP contribution in [0.2, 0.25) is 0 Å². The molecule has 2 atom stereocenters. The SMILES string of the molecule is COC(CC(C=O)OS(=O)(=O)C(F)(F)F)c1ccc(C(F)(F)F)cc1. The standard InChI is InChI=1S/C13H12F6O5S/c1-23-11(8-2-4-9(5-3-8)12(14,15)16)6-10(7-20)24-25(21,22)13(17,18)19/h2-5,7,10-11H,6H2,1H3. The van der Waals surface area contributed by atoms with Crippen LogP contribution >= 0.6 is 0 Å². The minimum absolute atomic E-state index is 0.0929. The normalized spacial score (nSPS) is 15.6. The highest BCUT2D eigenvalue weighted by atomic mass is 32.2. The molecule has 1 aromatic carbocycles. The average Bonchev–Trinajstić information content (AvgIpc) is 2.49. The Kier molecular flexibility index (Phi) is 6.59. The molecule has 0 radical (unpaired) electrons. The zero-order valence-corrected chi connectivity index (χ0v) is 13.3. The van der Waals surface area contributed by atoms with Gasteiger partial charge in [0.15, 0.2) is 0 Å². The summed E-state index contributed by atoms with van der Waals surface area (Å²) in [6.07, 6.45) is -8.60. The molecule has 0 amide bonds. The summed E-state index contributed by atoms with van der Waals surface area (Å²) in [5.74, 6) is 0. The second kappa shape index (κ2) is 7.70. The Hall–Kier alpha value is -1.66. The zero-order chi connectivity index (χ0) is 19.5. The monoisotopic (exact) mass is 394 g/mol. The van der Waals surface area contributed by atoms with Crippen LogP contribution in [0.15, 0.2) is 24.3 Å². The Morgan fingerprint density at radius 3 is 1.96 bits per heavy atom. The first-order chi connectivity index (χ1) is 11.3. The van der Waals surface area contributed by atoms with Gasteiger partial charge in [-0.15, -0.1) is 0 Å². The van der Waals surface area contributed by atoms with Crippen LogP contribution in [0.25, 0.3) is 0 Å². The van der Waals surface area contributed by atoms with Gasteiger partial charge in [-0.2, -0.15) is 34.8 Å². The molecule has 5 nitrogen and oxygen atoms in total. The summed E-state index contributed by atoms with van der Waals surface area (Å²) in [6.45, 7) is 0. The number of rotatable bonds is 7. The van der Waals surface area contributed by atoms with Gasteiger partial charge in [0.1, 0.15) is 12.4 Å². The third-order valence-corrected chi connectivity index (χ3v) is 4.09. The Balaban J connectivity index is 2.95. The highest BCUT2D eigenvalue weighted by Crippen LogP contribution is 2.32. The molecule has 0 heterocycles. The molecule has 1 rings (SSSR count). The Bertz CT molecular complexity index is 680. The van der Waals surface area contributed by atoms with Crippen LogP contribution in [-0.4, -0.2) is 33.4 Å². The summed E-state index contributed by atoms with van der Waals surface area (Å²) in [4.78, 5) is 10.8. The summed E-state index contributed by atoms with van der Waals surface area (Å²) in [5, 5.41) is 0. The number of hydrogen-bond acceptors (Lipinski definition) is 5. The molecule has 0 saturated carbocycles. The van der Waals surface area contributed by atoms with E-state index < -0.39 is 46.0 Å². The van der Waals surface area contributed by atoms with Crippen molar-refractivity contribution in [1.29, 1.82) is 0 Å². The topological polar surface area (TPSA) is 69.7 Å². The minimum Gasteiger partial charge on any atom is -0.377 e. The highest BCUT2D eigenvalue weighted by Gasteiger charge is 2.48. The smallest absolute Gasteiger partial charge is 0.377 e. The molecule has 25 heavy (non-hydrogen) atoms. The van der Waals surface area contributed by atoms with Gasteiger partial charge in [-0.3, -0.25) is 4.18 Å². The fourth-order valence-electron chi connectivity index (χ4n) is 1.80. The van der Waals surface area contributed by atoms with Crippen molar-refractivity contribution in [3.05, 3.63) is 35.4 Å². The summed E-state index contributed by atoms with van der Waals surface area (Å²) in [6, 6.07) is 3.42. The van der Waals surface area contributed by atoms with Crippen LogP contribution < -0.4 is 0 Å². The van der Waals surface area contributed by atoms with E-state index in [0.717, 1.165) is 19.2 Å². The van der Waals surface area contributed by atoms with Crippen LogP contribution in [0, 0.1) is 0 Å². The Labute approximate surface area is 138 Å². The number of carbonyl (C=O) groups is 1. The minimum atomic E-state index is -6.01. The Morgan fingerprint density at radius 1 is 1.08 bits per heavy atom. The fourth-order valence-corrected chi connectivity index (χ4v) is 2.36. The molecule has 0 saturated heterocycles. The van der Waals surface area contributed by atoms with Gasteiger partial charge in [0, 0.05) is 13.5 Å². The van der Waals surface area contributed by atoms with E-state index in [-0.39, 0.29) is 11.8 Å². The van der Waals surface area contributed by atoms with Crippen molar-refractivity contribution < 1.29 is 48.5 Å². The summed E-state index contributed by atoms with van der Waals surface area (Å²) >= 11 is 0. The molecule has 1 aromatic rings. The van der Waals surface area contributed by atoms with Crippen LogP contribution in [0.4, 0.5) is 26.3 Å². The van der Waals surface area contributed by atoms with Gasteiger partial charge in [-0.25, -0.2) is 0 Å². The average molecular weight is 394 g/mol. The maximum Gasteiger partial charge on any atom is 0.523 e. The number of benzene rings is 1. The van der Waals surface area contributed by atoms with Gasteiger partial charge in [0.05, 0.1) is 11.7 Å². The summed E-state index contributed by atoms with van der Waals surface area (Å²) < 4.78 is 105. The van der Waals surface area contributed by atoms with Crippen molar-refractivity contribution in [3.63, 3.8) is 0 Å². The second-order valence-corrected chi connectivity index (χ2v) is 6.31. The van der Waals surface area contributed by atoms with Gasteiger partial charge in [-0.1, -0.05) is 12.1 Å². The van der Waals surface area contributed by atoms with Crippen LogP contribution in [0.5, 0.6) is 0 Å². The largest absolute Gasteiger partial charge is 0.523 e. The van der Waals surface area contributed by atoms with Gasteiger partial charge in [-0.05, 0) is 17.7 Å². The first-order valence-corrected chi connectivity index (χ1v) is 7.87. The van der Waals surface area contributed by atoms with E-state index in [0.29, 0.717) is 12.1 Å². The van der Waals surface area contributed by atoms with Gasteiger partial charge in [0.25, 0.3) is 0 Å². The van der Waals surface area contributed by atoms with Gasteiger partial charge < -0.3 is 9.53 Å². The van der Waals surface area contributed by atoms with Crippen molar-refractivity contribution in [3.8, 4) is 0 Å². The summed E-state index contributed by atoms with van der Waals surface area (Å²) in [7, 11) is -4.92. The van der Waals surface area contributed by atoms with E-state index in [1.807, 2.05) is 0 Å². The maximum absolute atomic E-state index is 12.5. The lowest BCUT2D eigenvalue weighted by molar-refractivity contribution is -0.137. The van der Waals surface area contributed by atoms with Crippen molar-refractivity contribution >= 4 is 16.4 Å². The molecular weight excluding hydrogens is 382 g/mol. The number of halogens is 6. The zero-order valence-electron chi connectivity index (χ0n) is 12.5. The number of hydrogen-bond donors (Lipinski definition) is 0. The molecule has 142 valence electrons. The molecule has 0 aliphatic carbocycles. The van der Waals surface area contributed by atoms with E-state index in [9.17, 15) is 39.6 Å². The number of carbonyl (C=O) groups excluding carboxylic acids is 1. The van der Waals surface area contributed by atoms with E-state index in [1.165, 1.54) is 0 Å². The Morgan fingerprint density at radius 2 is 1.60 bits per heavy atom. The molecule has 0 aromatic heterocycles. The lowest BCUT2D eigenvalue weighted by Gasteiger charge is -2.20. The third-order valence-electron chi connectivity index (χ3n) is 3.03. The molecular formula is C13H12F6O5S. The van der Waals surface area contributed by atoms with Crippen molar-refractivity contribution in [2.75, 3.05) is 7.11 Å². The maximum atomic E-state index is 12.5. The summed E-state index contributed by atoms with van der Waals surface area (Å²) in [5.41, 5.74) is -6.59. The van der Waals surface area contributed by atoms with E-state index in [4.69, 9.17) is 4.74 Å². The highest BCUT2D eigenvalue weighted by molar-refractivity contribution is 7.87. The molecule has 12 heteroatoms. The van der Waals surface area contributed by atoms with E-state index in [2.05, 4.69) is 4.18 Å². The van der Waals surface area contributed by atoms with Crippen LogP contribution in [-0.2, 0) is 30.0 Å². The number of methoxy groups -OCH3 is 1. The quantitative estimate of drug-likeness (QED) is 0.307. The lowest BCUT2D eigenvalue weighted by atomic mass is 10.0. The first kappa shape index (κ1) is 21.4. The molecule has 0 spiro atoms. The van der Waals surface area contributed by atoms with Gasteiger partial charge in [0.2, 0.25) is 0 Å². The van der Waals surface area contributed by atoms with Crippen LogP contribution in [0.3, 0.4) is 0 Å². The predicted octanol–water partition coefficient (Wildman–Crippen LogP) is 3.22. The van der Waals surface area contributed by atoms with Crippen LogP contribution in [0.1, 0.15) is 23.7 Å². The number of alkyl halides is 6. The molecule has 0 N–H and O–H groups in total.